The van der Waals surface area contributed by atoms with Crippen molar-refractivity contribution >= 4 is 11.8 Å². The van der Waals surface area contributed by atoms with Crippen LogP contribution in [0.15, 0.2) is 6.33 Å². The lowest BCUT2D eigenvalue weighted by Gasteiger charge is -2.46. The Morgan fingerprint density at radius 1 is 1.26 bits per heavy atom. The molecule has 0 aliphatic carbocycles. The lowest BCUT2D eigenvalue weighted by molar-refractivity contribution is -0.135. The maximum absolute atomic E-state index is 12.9. The van der Waals surface area contributed by atoms with Crippen LogP contribution in [-0.4, -0.2) is 74.6 Å². The minimum atomic E-state index is -0.364. The Morgan fingerprint density at radius 3 is 2.58 bits per heavy atom. The molecule has 2 aliphatic rings. The van der Waals surface area contributed by atoms with Crippen LogP contribution in [0.2, 0.25) is 0 Å². The smallest absolute Gasteiger partial charge is 0.239 e. The van der Waals surface area contributed by atoms with E-state index in [1.165, 1.54) is 5.56 Å². The van der Waals surface area contributed by atoms with Gasteiger partial charge < -0.3 is 14.8 Å². The quantitative estimate of drug-likeness (QED) is 0.753. The molecule has 2 aliphatic heterocycles. The van der Waals surface area contributed by atoms with Crippen LogP contribution < -0.4 is 5.32 Å². The standard InChI is InChI=1S/C22H33N7O2/c1-14-16(15(2)28(5)26-14)6-7-19(30)29-10-8-22(9-11-29)20-17(23-13-24-20)12-18(25-22)21(31)27(3)4/h13,18,25H,6-12H2,1-5H3,(H,23,24)/t18-/m0/s1. The van der Waals surface area contributed by atoms with Crippen molar-refractivity contribution in [3.8, 4) is 0 Å². The van der Waals surface area contributed by atoms with Gasteiger partial charge in [0, 0.05) is 58.5 Å². The molecule has 1 saturated heterocycles. The zero-order valence-corrected chi connectivity index (χ0v) is 19.2. The van der Waals surface area contributed by atoms with Gasteiger partial charge >= 0.3 is 0 Å². The van der Waals surface area contributed by atoms with E-state index in [-0.39, 0.29) is 23.4 Å². The molecule has 0 unspecified atom stereocenters. The Hall–Kier alpha value is -2.68. The van der Waals surface area contributed by atoms with Gasteiger partial charge in [-0.15, -0.1) is 0 Å². The summed E-state index contributed by atoms with van der Waals surface area (Å²) in [6, 6.07) is -0.276. The van der Waals surface area contributed by atoms with Gasteiger partial charge in [0.15, 0.2) is 0 Å². The highest BCUT2D eigenvalue weighted by atomic mass is 16.2. The van der Waals surface area contributed by atoms with Gasteiger partial charge in [-0.2, -0.15) is 5.10 Å². The van der Waals surface area contributed by atoms with Gasteiger partial charge in [-0.3, -0.25) is 19.6 Å². The minimum absolute atomic E-state index is 0.0698. The number of rotatable bonds is 4. The number of piperidine rings is 1. The monoisotopic (exact) mass is 427 g/mol. The summed E-state index contributed by atoms with van der Waals surface area (Å²) in [5.41, 5.74) is 4.96. The third-order valence-corrected chi connectivity index (χ3v) is 6.99. The van der Waals surface area contributed by atoms with Crippen LogP contribution in [0.25, 0.3) is 0 Å². The van der Waals surface area contributed by atoms with Gasteiger partial charge in [0.1, 0.15) is 0 Å². The predicted molar refractivity (Wildman–Crippen MR) is 116 cm³/mol. The van der Waals surface area contributed by atoms with E-state index >= 15 is 0 Å². The van der Waals surface area contributed by atoms with Crippen LogP contribution in [-0.2, 0) is 35.0 Å². The number of likely N-dealkylation sites (N-methyl/N-ethyl adjacent to an activating group) is 1. The number of fused-ring (bicyclic) bond motifs is 2. The fraction of sp³-hybridized carbons (Fsp3) is 0.636. The molecule has 168 valence electrons. The number of nitrogens with zero attached hydrogens (tertiary/aromatic N) is 5. The van der Waals surface area contributed by atoms with E-state index in [0.717, 1.165) is 35.6 Å². The summed E-state index contributed by atoms with van der Waals surface area (Å²) in [4.78, 5) is 37.0. The summed E-state index contributed by atoms with van der Waals surface area (Å²) in [7, 11) is 5.50. The van der Waals surface area contributed by atoms with Crippen LogP contribution in [0.5, 0.6) is 0 Å². The number of nitrogens with one attached hydrogen (secondary N) is 2. The topological polar surface area (TPSA) is 99.1 Å². The molecule has 0 bridgehead atoms. The lowest BCUT2D eigenvalue weighted by atomic mass is 9.78. The molecule has 0 saturated carbocycles. The maximum Gasteiger partial charge on any atom is 0.239 e. The van der Waals surface area contributed by atoms with Gasteiger partial charge in [0.25, 0.3) is 0 Å². The second-order valence-electron chi connectivity index (χ2n) is 9.10. The second kappa shape index (κ2) is 8.11. The van der Waals surface area contributed by atoms with Gasteiger partial charge in [-0.1, -0.05) is 0 Å². The van der Waals surface area contributed by atoms with Crippen molar-refractivity contribution in [3.05, 3.63) is 34.7 Å². The number of hydrogen-bond acceptors (Lipinski definition) is 5. The maximum atomic E-state index is 12.9. The van der Waals surface area contributed by atoms with Crippen molar-refractivity contribution in [1.29, 1.82) is 0 Å². The van der Waals surface area contributed by atoms with E-state index in [4.69, 9.17) is 0 Å². The van der Waals surface area contributed by atoms with Gasteiger partial charge in [0.05, 0.1) is 29.3 Å². The van der Waals surface area contributed by atoms with Gasteiger partial charge in [0.2, 0.25) is 11.8 Å². The molecule has 0 radical (unpaired) electrons. The van der Waals surface area contributed by atoms with Crippen molar-refractivity contribution in [3.63, 3.8) is 0 Å². The van der Waals surface area contributed by atoms with Gasteiger partial charge in [-0.25, -0.2) is 4.98 Å². The van der Waals surface area contributed by atoms with Crippen molar-refractivity contribution in [2.24, 2.45) is 7.05 Å². The van der Waals surface area contributed by atoms with Crippen LogP contribution >= 0.6 is 0 Å². The molecule has 4 heterocycles. The Balaban J connectivity index is 1.42. The SMILES string of the molecule is Cc1nn(C)c(C)c1CCC(=O)N1CCC2(CC1)N[C@H](C(=O)N(C)C)Cc1[nH]cnc12. The minimum Gasteiger partial charge on any atom is -0.348 e. The van der Waals surface area contributed by atoms with Crippen molar-refractivity contribution < 1.29 is 9.59 Å². The highest BCUT2D eigenvalue weighted by molar-refractivity contribution is 5.82. The summed E-state index contributed by atoms with van der Waals surface area (Å²) < 4.78 is 1.88. The normalized spacial score (nSPS) is 20.0. The van der Waals surface area contributed by atoms with Crippen molar-refractivity contribution in [2.45, 2.75) is 57.5 Å². The van der Waals surface area contributed by atoms with E-state index in [9.17, 15) is 9.59 Å². The summed E-state index contributed by atoms with van der Waals surface area (Å²) in [6.07, 6.45) is 5.03. The molecule has 2 aromatic heterocycles. The third-order valence-electron chi connectivity index (χ3n) is 6.99. The number of imidazole rings is 1. The first-order valence-electron chi connectivity index (χ1n) is 11.0. The van der Waals surface area contributed by atoms with E-state index < -0.39 is 0 Å². The second-order valence-corrected chi connectivity index (χ2v) is 9.10. The fourth-order valence-electron chi connectivity index (χ4n) is 5.10. The molecular weight excluding hydrogens is 394 g/mol. The molecule has 1 spiro atoms. The Morgan fingerprint density at radius 2 is 1.97 bits per heavy atom. The van der Waals surface area contributed by atoms with E-state index in [0.29, 0.717) is 32.4 Å². The highest BCUT2D eigenvalue weighted by Gasteiger charge is 2.46. The number of aromatic amines is 1. The lowest BCUT2D eigenvalue weighted by Crippen LogP contribution is -2.61. The first kappa shape index (κ1) is 21.5. The molecule has 2 aromatic rings. The number of likely N-dealkylation sites (tertiary alicyclic amines) is 1. The first-order chi connectivity index (χ1) is 14.7. The molecule has 2 N–H and O–H groups in total. The summed E-state index contributed by atoms with van der Waals surface area (Å²) in [6.45, 7) is 5.36. The zero-order chi connectivity index (χ0) is 22.3. The zero-order valence-electron chi connectivity index (χ0n) is 19.2. The molecule has 4 rings (SSSR count). The fourth-order valence-corrected chi connectivity index (χ4v) is 5.10. The van der Waals surface area contributed by atoms with E-state index in [1.807, 2.05) is 30.5 Å². The predicted octanol–water partition coefficient (Wildman–Crippen LogP) is 0.813. The molecule has 2 amide bonds. The van der Waals surface area contributed by atoms with Crippen LogP contribution in [0.3, 0.4) is 0 Å². The third kappa shape index (κ3) is 3.86. The summed E-state index contributed by atoms with van der Waals surface area (Å²) >= 11 is 0. The number of aryl methyl sites for hydroxylation is 2. The number of carbonyl (C=O) groups is 2. The molecule has 9 nitrogen and oxygen atoms in total. The van der Waals surface area contributed by atoms with E-state index in [2.05, 4.69) is 20.4 Å². The number of aromatic nitrogens is 4. The number of H-pyrrole nitrogens is 1. The average molecular weight is 428 g/mol. The number of hydrogen-bond donors (Lipinski definition) is 2. The molecule has 0 aromatic carbocycles. The molecule has 9 heteroatoms. The molecular formula is C22H33N7O2. The van der Waals surface area contributed by atoms with Crippen LogP contribution in [0.4, 0.5) is 0 Å². The van der Waals surface area contributed by atoms with E-state index in [1.54, 1.807) is 25.3 Å². The summed E-state index contributed by atoms with van der Waals surface area (Å²) in [5, 5.41) is 8.06. The van der Waals surface area contributed by atoms with Crippen molar-refractivity contribution in [1.82, 2.24) is 34.9 Å². The Kier molecular flexibility index (Phi) is 5.63. The Bertz CT molecular complexity index is 982. The Labute approximate surface area is 183 Å². The molecule has 31 heavy (non-hydrogen) atoms. The molecule has 1 fully saturated rings. The number of carbonyl (C=O) groups excluding carboxylic acids is 2. The first-order valence-corrected chi connectivity index (χ1v) is 11.0. The summed E-state index contributed by atoms with van der Waals surface area (Å²) in [5.74, 6) is 0.247. The van der Waals surface area contributed by atoms with Crippen LogP contribution in [0.1, 0.15) is 47.6 Å². The van der Waals surface area contributed by atoms with Crippen molar-refractivity contribution in [2.75, 3.05) is 27.2 Å². The van der Waals surface area contributed by atoms with Crippen LogP contribution in [0, 0.1) is 13.8 Å². The highest BCUT2D eigenvalue weighted by Crippen LogP contribution is 2.37. The molecule has 1 atom stereocenters. The number of amides is 2. The largest absolute Gasteiger partial charge is 0.348 e. The van der Waals surface area contributed by atoms with Gasteiger partial charge in [-0.05, 0) is 38.7 Å². The average Bonchev–Trinajstić information content (AvgIpc) is 3.31.